The lowest BCUT2D eigenvalue weighted by Gasteiger charge is -2.37. The number of carbonyl (C=O) groups excluding carboxylic acids is 1. The summed E-state index contributed by atoms with van der Waals surface area (Å²) in [5.74, 6) is 0.340. The zero-order valence-corrected chi connectivity index (χ0v) is 11.3. The van der Waals surface area contributed by atoms with Crippen LogP contribution < -0.4 is 0 Å². The minimum Gasteiger partial charge on any atom is -0.508 e. The molecule has 0 aromatic heterocycles. The number of aryl methyl sites for hydroxylation is 1. The molecule has 1 unspecified atom stereocenters. The van der Waals surface area contributed by atoms with E-state index >= 15 is 0 Å². The number of benzene rings is 1. The fourth-order valence-corrected chi connectivity index (χ4v) is 3.15. The number of carbonyl (C=O) groups is 1. The molecule has 2 saturated heterocycles. The Morgan fingerprint density at radius 1 is 1.32 bits per heavy atom. The molecule has 1 atom stereocenters. The number of piperazine rings is 1. The monoisotopic (exact) mass is 260 g/mol. The summed E-state index contributed by atoms with van der Waals surface area (Å²) in [6.07, 6.45) is 2.46. The van der Waals surface area contributed by atoms with E-state index in [9.17, 15) is 9.90 Å². The maximum absolute atomic E-state index is 12.5. The number of phenols is 1. The summed E-state index contributed by atoms with van der Waals surface area (Å²) in [6.45, 7) is 5.66. The van der Waals surface area contributed by atoms with Gasteiger partial charge < -0.3 is 10.0 Å². The first-order valence-corrected chi connectivity index (χ1v) is 6.98. The Bertz CT molecular complexity index is 501. The van der Waals surface area contributed by atoms with Gasteiger partial charge in [0.1, 0.15) is 5.75 Å². The molecule has 4 nitrogen and oxygen atoms in total. The molecule has 1 aromatic rings. The molecule has 0 saturated carbocycles. The number of fused-ring (bicyclic) bond motifs is 1. The van der Waals surface area contributed by atoms with Gasteiger partial charge in [-0.15, -0.1) is 0 Å². The molecule has 2 aliphatic rings. The number of rotatable bonds is 1. The zero-order valence-electron chi connectivity index (χ0n) is 11.3. The number of hydrogen-bond donors (Lipinski definition) is 1. The first-order valence-electron chi connectivity index (χ1n) is 6.98. The molecule has 0 radical (unpaired) electrons. The number of hydrogen-bond acceptors (Lipinski definition) is 3. The van der Waals surface area contributed by atoms with Crippen molar-refractivity contribution in [3.63, 3.8) is 0 Å². The van der Waals surface area contributed by atoms with Crippen LogP contribution in [0.1, 0.15) is 28.8 Å². The molecule has 0 spiro atoms. The second kappa shape index (κ2) is 4.85. The Morgan fingerprint density at radius 2 is 2.16 bits per heavy atom. The standard InChI is InChI=1S/C15H20N2O2/c1-11-9-12(4-5-14(11)18)15(19)17-8-7-16-6-2-3-13(16)10-17/h4-5,9,13,18H,2-3,6-8,10H2,1H3. The summed E-state index contributed by atoms with van der Waals surface area (Å²) in [6, 6.07) is 5.65. The fraction of sp³-hybridized carbons (Fsp3) is 0.533. The minimum absolute atomic E-state index is 0.0923. The topological polar surface area (TPSA) is 43.8 Å². The van der Waals surface area contributed by atoms with Gasteiger partial charge in [-0.25, -0.2) is 0 Å². The summed E-state index contributed by atoms with van der Waals surface area (Å²) >= 11 is 0. The van der Waals surface area contributed by atoms with Crippen molar-refractivity contribution in [2.24, 2.45) is 0 Å². The molecule has 0 bridgehead atoms. The summed E-state index contributed by atoms with van der Waals surface area (Å²) in [5, 5.41) is 9.53. The van der Waals surface area contributed by atoms with E-state index in [0.29, 0.717) is 11.6 Å². The van der Waals surface area contributed by atoms with Crippen LogP contribution in [-0.4, -0.2) is 53.0 Å². The molecule has 19 heavy (non-hydrogen) atoms. The lowest BCUT2D eigenvalue weighted by atomic mass is 10.1. The second-order valence-electron chi connectivity index (χ2n) is 5.58. The highest BCUT2D eigenvalue weighted by Gasteiger charge is 2.32. The van der Waals surface area contributed by atoms with E-state index in [1.807, 2.05) is 11.8 Å². The molecule has 2 fully saturated rings. The molecule has 2 aliphatic heterocycles. The Kier molecular flexibility index (Phi) is 3.19. The minimum atomic E-state index is 0.0923. The van der Waals surface area contributed by atoms with Gasteiger partial charge in [-0.2, -0.15) is 0 Å². The van der Waals surface area contributed by atoms with Crippen LogP contribution in [0.4, 0.5) is 0 Å². The smallest absolute Gasteiger partial charge is 0.253 e. The molecule has 0 aliphatic carbocycles. The number of aromatic hydroxyl groups is 1. The Morgan fingerprint density at radius 3 is 2.95 bits per heavy atom. The van der Waals surface area contributed by atoms with Crippen molar-refractivity contribution in [2.75, 3.05) is 26.2 Å². The fourth-order valence-electron chi connectivity index (χ4n) is 3.15. The highest BCUT2D eigenvalue weighted by Crippen LogP contribution is 2.23. The van der Waals surface area contributed by atoms with Gasteiger partial charge in [-0.05, 0) is 50.1 Å². The third-order valence-electron chi connectivity index (χ3n) is 4.32. The molecule has 1 aromatic carbocycles. The third kappa shape index (κ3) is 2.32. The van der Waals surface area contributed by atoms with Gasteiger partial charge in [-0.1, -0.05) is 0 Å². The Balaban J connectivity index is 1.74. The van der Waals surface area contributed by atoms with E-state index in [0.717, 1.165) is 25.2 Å². The van der Waals surface area contributed by atoms with Crippen molar-refractivity contribution in [1.82, 2.24) is 9.80 Å². The predicted molar refractivity (Wildman–Crippen MR) is 73.3 cm³/mol. The van der Waals surface area contributed by atoms with Crippen LogP contribution in [0.2, 0.25) is 0 Å². The maximum Gasteiger partial charge on any atom is 0.253 e. The molecule has 2 heterocycles. The molecular formula is C15H20N2O2. The molecule has 1 N–H and O–H groups in total. The molecule has 3 rings (SSSR count). The summed E-state index contributed by atoms with van der Waals surface area (Å²) < 4.78 is 0. The number of amides is 1. The lowest BCUT2D eigenvalue weighted by Crippen LogP contribution is -2.52. The van der Waals surface area contributed by atoms with E-state index < -0.39 is 0 Å². The normalized spacial score (nSPS) is 23.4. The lowest BCUT2D eigenvalue weighted by molar-refractivity contribution is 0.0571. The van der Waals surface area contributed by atoms with Crippen LogP contribution in [0, 0.1) is 6.92 Å². The van der Waals surface area contributed by atoms with Crippen LogP contribution in [0.15, 0.2) is 18.2 Å². The Labute approximate surface area is 113 Å². The first kappa shape index (κ1) is 12.5. The average Bonchev–Trinajstić information content (AvgIpc) is 2.88. The number of phenolic OH excluding ortho intramolecular Hbond substituents is 1. The van der Waals surface area contributed by atoms with Crippen molar-refractivity contribution in [3.05, 3.63) is 29.3 Å². The van der Waals surface area contributed by atoms with Gasteiger partial charge in [0.15, 0.2) is 0 Å². The average molecular weight is 260 g/mol. The van der Waals surface area contributed by atoms with Crippen molar-refractivity contribution >= 4 is 5.91 Å². The van der Waals surface area contributed by atoms with Gasteiger partial charge in [0, 0.05) is 31.2 Å². The largest absolute Gasteiger partial charge is 0.508 e. The zero-order chi connectivity index (χ0) is 13.4. The molecule has 4 heteroatoms. The van der Waals surface area contributed by atoms with Gasteiger partial charge in [0.05, 0.1) is 0 Å². The van der Waals surface area contributed by atoms with Crippen molar-refractivity contribution in [1.29, 1.82) is 0 Å². The van der Waals surface area contributed by atoms with E-state index in [4.69, 9.17) is 0 Å². The summed E-state index contributed by atoms with van der Waals surface area (Å²) in [7, 11) is 0. The number of nitrogens with zero attached hydrogens (tertiary/aromatic N) is 2. The van der Waals surface area contributed by atoms with Crippen LogP contribution in [0.25, 0.3) is 0 Å². The van der Waals surface area contributed by atoms with E-state index in [1.54, 1.807) is 18.2 Å². The second-order valence-corrected chi connectivity index (χ2v) is 5.58. The molecule has 1 amide bonds. The Hall–Kier alpha value is -1.55. The van der Waals surface area contributed by atoms with E-state index in [2.05, 4.69) is 4.90 Å². The highest BCUT2D eigenvalue weighted by molar-refractivity contribution is 5.94. The van der Waals surface area contributed by atoms with Gasteiger partial charge in [0.2, 0.25) is 0 Å². The van der Waals surface area contributed by atoms with E-state index in [1.165, 1.54) is 19.4 Å². The van der Waals surface area contributed by atoms with Gasteiger partial charge in [-0.3, -0.25) is 9.69 Å². The van der Waals surface area contributed by atoms with Crippen LogP contribution in [0.5, 0.6) is 5.75 Å². The van der Waals surface area contributed by atoms with Gasteiger partial charge >= 0.3 is 0 Å². The van der Waals surface area contributed by atoms with Crippen LogP contribution in [-0.2, 0) is 0 Å². The SMILES string of the molecule is Cc1cc(C(=O)N2CCN3CCCC3C2)ccc1O. The molecular weight excluding hydrogens is 240 g/mol. The highest BCUT2D eigenvalue weighted by atomic mass is 16.3. The third-order valence-corrected chi connectivity index (χ3v) is 4.32. The van der Waals surface area contributed by atoms with Gasteiger partial charge in [0.25, 0.3) is 5.91 Å². The first-order chi connectivity index (χ1) is 9.15. The van der Waals surface area contributed by atoms with Crippen molar-refractivity contribution in [3.8, 4) is 5.75 Å². The predicted octanol–water partition coefficient (Wildman–Crippen LogP) is 1.62. The van der Waals surface area contributed by atoms with Crippen molar-refractivity contribution < 1.29 is 9.90 Å². The van der Waals surface area contributed by atoms with Crippen molar-refractivity contribution in [2.45, 2.75) is 25.8 Å². The van der Waals surface area contributed by atoms with E-state index in [-0.39, 0.29) is 11.7 Å². The van der Waals surface area contributed by atoms with Crippen LogP contribution >= 0.6 is 0 Å². The maximum atomic E-state index is 12.5. The summed E-state index contributed by atoms with van der Waals surface area (Å²) in [4.78, 5) is 16.9. The molecule has 102 valence electrons. The quantitative estimate of drug-likeness (QED) is 0.834. The van der Waals surface area contributed by atoms with Crippen LogP contribution in [0.3, 0.4) is 0 Å². The summed E-state index contributed by atoms with van der Waals surface area (Å²) in [5.41, 5.74) is 1.44.